The molecule has 1 atom stereocenters. The lowest BCUT2D eigenvalue weighted by molar-refractivity contribution is -0.384. The highest BCUT2D eigenvalue weighted by molar-refractivity contribution is 8.05. The highest BCUT2D eigenvalue weighted by Crippen LogP contribution is 2.42. The molecule has 1 aliphatic rings. The quantitative estimate of drug-likeness (QED) is 0.196. The number of carbonyl (C=O) groups excluding carboxylic acids is 2. The molecule has 0 saturated carbocycles. The Bertz CT molecular complexity index is 1420. The minimum absolute atomic E-state index is 0.0749. The molecule has 180 valence electrons. The van der Waals surface area contributed by atoms with E-state index in [1.54, 1.807) is 48.5 Å². The predicted molar refractivity (Wildman–Crippen MR) is 140 cm³/mol. The number of carbonyl (C=O) groups is 2. The lowest BCUT2D eigenvalue weighted by Gasteiger charge is -2.19. The number of aryl methyl sites for hydroxylation is 1. The zero-order chi connectivity index (χ0) is 25.8. The molecule has 2 amide bonds. The summed E-state index contributed by atoms with van der Waals surface area (Å²) in [4.78, 5) is 38.7. The Kier molecular flexibility index (Phi) is 7.38. The van der Waals surface area contributed by atoms with Gasteiger partial charge in [0.05, 0.1) is 10.2 Å². The number of benzene rings is 3. The molecule has 36 heavy (non-hydrogen) atoms. The third-order valence-corrected chi connectivity index (χ3v) is 6.96. The second-order valence-electron chi connectivity index (χ2n) is 8.00. The summed E-state index contributed by atoms with van der Waals surface area (Å²) >= 11 is 7.00. The minimum Gasteiger partial charge on any atom is -0.321 e. The highest BCUT2D eigenvalue weighted by Gasteiger charge is 2.41. The SMILES string of the molecule is Cc1ccc(N2C(=O)[C@@H](Cc3cccc([N+](=O)[O-])c3)S/C2=C(\C#N)C(=O)Nc2ccc(Cl)cc2)cc1. The summed E-state index contributed by atoms with van der Waals surface area (Å²) in [6.45, 7) is 1.91. The number of nitrogens with one attached hydrogen (secondary N) is 1. The molecule has 0 unspecified atom stereocenters. The van der Waals surface area contributed by atoms with Gasteiger partial charge in [-0.2, -0.15) is 5.26 Å². The van der Waals surface area contributed by atoms with Crippen molar-refractivity contribution >= 4 is 52.2 Å². The van der Waals surface area contributed by atoms with Gasteiger partial charge in [0.2, 0.25) is 5.91 Å². The van der Waals surface area contributed by atoms with E-state index in [9.17, 15) is 25.0 Å². The average Bonchev–Trinajstić information content (AvgIpc) is 3.17. The number of nitro benzene ring substituents is 1. The molecule has 1 fully saturated rings. The van der Waals surface area contributed by atoms with Crippen LogP contribution in [0.1, 0.15) is 11.1 Å². The zero-order valence-electron chi connectivity index (χ0n) is 19.0. The van der Waals surface area contributed by atoms with Crippen LogP contribution in [0, 0.1) is 28.4 Å². The van der Waals surface area contributed by atoms with Crippen molar-refractivity contribution in [3.8, 4) is 6.07 Å². The van der Waals surface area contributed by atoms with Crippen molar-refractivity contribution in [2.45, 2.75) is 18.6 Å². The van der Waals surface area contributed by atoms with Crippen LogP contribution in [-0.4, -0.2) is 22.0 Å². The first-order valence-corrected chi connectivity index (χ1v) is 12.0. The van der Waals surface area contributed by atoms with Gasteiger partial charge >= 0.3 is 0 Å². The molecule has 1 heterocycles. The normalized spacial score (nSPS) is 16.4. The van der Waals surface area contributed by atoms with E-state index in [0.717, 1.165) is 17.3 Å². The Morgan fingerprint density at radius 1 is 1.17 bits per heavy atom. The zero-order valence-corrected chi connectivity index (χ0v) is 20.5. The largest absolute Gasteiger partial charge is 0.321 e. The van der Waals surface area contributed by atoms with Gasteiger partial charge in [0.1, 0.15) is 16.7 Å². The molecule has 1 N–H and O–H groups in total. The second kappa shape index (κ2) is 10.6. The first-order valence-electron chi connectivity index (χ1n) is 10.8. The van der Waals surface area contributed by atoms with E-state index in [4.69, 9.17) is 11.6 Å². The monoisotopic (exact) mass is 518 g/mol. The number of nitrogens with zero attached hydrogens (tertiary/aromatic N) is 3. The summed E-state index contributed by atoms with van der Waals surface area (Å²) in [7, 11) is 0. The molecule has 3 aromatic carbocycles. The number of anilines is 2. The van der Waals surface area contributed by atoms with Crippen molar-refractivity contribution in [1.29, 1.82) is 5.26 Å². The number of rotatable bonds is 6. The molecular formula is C26H19ClN4O4S. The van der Waals surface area contributed by atoms with E-state index in [1.165, 1.54) is 17.0 Å². The molecule has 0 spiro atoms. The fourth-order valence-corrected chi connectivity index (χ4v) is 5.09. The maximum atomic E-state index is 13.5. The summed E-state index contributed by atoms with van der Waals surface area (Å²) in [5.74, 6) is -0.986. The van der Waals surface area contributed by atoms with Crippen LogP contribution in [0.3, 0.4) is 0 Å². The van der Waals surface area contributed by atoms with Gasteiger partial charge in [-0.15, -0.1) is 0 Å². The topological polar surface area (TPSA) is 116 Å². The number of amides is 2. The van der Waals surface area contributed by atoms with Gasteiger partial charge in [-0.3, -0.25) is 24.6 Å². The Hall–Kier alpha value is -4.13. The molecular weight excluding hydrogens is 500 g/mol. The number of non-ortho nitro benzene ring substituents is 1. The smallest absolute Gasteiger partial charge is 0.269 e. The van der Waals surface area contributed by atoms with E-state index in [0.29, 0.717) is 22.0 Å². The van der Waals surface area contributed by atoms with Crippen LogP contribution in [-0.2, 0) is 16.0 Å². The Morgan fingerprint density at radius 3 is 2.50 bits per heavy atom. The Balaban J connectivity index is 1.72. The lowest BCUT2D eigenvalue weighted by atomic mass is 10.1. The van der Waals surface area contributed by atoms with Gasteiger partial charge in [0.25, 0.3) is 11.6 Å². The summed E-state index contributed by atoms with van der Waals surface area (Å²) in [6, 6.07) is 21.6. The number of nitro groups is 1. The van der Waals surface area contributed by atoms with E-state index in [-0.39, 0.29) is 28.6 Å². The van der Waals surface area contributed by atoms with Crippen LogP contribution in [0.4, 0.5) is 17.1 Å². The average molecular weight is 519 g/mol. The minimum atomic E-state index is -0.685. The first-order chi connectivity index (χ1) is 17.3. The number of hydrogen-bond acceptors (Lipinski definition) is 6. The molecule has 0 aliphatic carbocycles. The lowest BCUT2D eigenvalue weighted by Crippen LogP contribution is -2.30. The maximum Gasteiger partial charge on any atom is 0.269 e. The standard InChI is InChI=1S/C26H19ClN4O4S/c1-16-5-11-20(12-6-16)30-25(33)23(14-17-3-2-4-21(13-17)31(34)35)36-26(30)22(15-28)24(32)29-19-9-7-18(27)8-10-19/h2-13,23H,14H2,1H3,(H,29,32)/b26-22+/t23-/m1/s1. The van der Waals surface area contributed by atoms with Crippen LogP contribution >= 0.6 is 23.4 Å². The first kappa shape index (κ1) is 25.0. The number of hydrogen-bond donors (Lipinski definition) is 1. The third-order valence-electron chi connectivity index (χ3n) is 5.44. The molecule has 1 aliphatic heterocycles. The summed E-state index contributed by atoms with van der Waals surface area (Å²) in [5.41, 5.74) is 2.25. The number of nitriles is 1. The van der Waals surface area contributed by atoms with Crippen molar-refractivity contribution in [2.75, 3.05) is 10.2 Å². The molecule has 0 aromatic heterocycles. The van der Waals surface area contributed by atoms with Gasteiger partial charge in [-0.25, -0.2) is 0 Å². The highest BCUT2D eigenvalue weighted by atomic mass is 35.5. The number of thioether (sulfide) groups is 1. The van der Waals surface area contributed by atoms with Crippen LogP contribution in [0.15, 0.2) is 83.4 Å². The van der Waals surface area contributed by atoms with Crippen molar-refractivity contribution in [1.82, 2.24) is 0 Å². The fourth-order valence-electron chi connectivity index (χ4n) is 3.65. The number of halogens is 1. The van der Waals surface area contributed by atoms with E-state index < -0.39 is 16.1 Å². The molecule has 3 aromatic rings. The maximum absolute atomic E-state index is 13.5. The molecule has 0 radical (unpaired) electrons. The van der Waals surface area contributed by atoms with Gasteiger partial charge in [-0.1, -0.05) is 53.2 Å². The summed E-state index contributed by atoms with van der Waals surface area (Å²) in [6.07, 6.45) is 0.189. The molecule has 10 heteroatoms. The summed E-state index contributed by atoms with van der Waals surface area (Å²) in [5, 5.41) is 23.8. The fraction of sp³-hybridized carbons (Fsp3) is 0.115. The van der Waals surface area contributed by atoms with Gasteiger partial charge in [0.15, 0.2) is 0 Å². The van der Waals surface area contributed by atoms with Crippen molar-refractivity contribution in [3.63, 3.8) is 0 Å². The molecule has 0 bridgehead atoms. The Morgan fingerprint density at radius 2 is 1.86 bits per heavy atom. The predicted octanol–water partition coefficient (Wildman–Crippen LogP) is 5.62. The van der Waals surface area contributed by atoms with E-state index >= 15 is 0 Å². The molecule has 4 rings (SSSR count). The van der Waals surface area contributed by atoms with E-state index in [1.807, 2.05) is 25.1 Å². The third kappa shape index (κ3) is 5.40. The van der Waals surface area contributed by atoms with Gasteiger partial charge in [0, 0.05) is 28.5 Å². The summed E-state index contributed by atoms with van der Waals surface area (Å²) < 4.78 is 0. The molecule has 1 saturated heterocycles. The van der Waals surface area contributed by atoms with Gasteiger partial charge < -0.3 is 5.32 Å². The van der Waals surface area contributed by atoms with Crippen LogP contribution in [0.5, 0.6) is 0 Å². The van der Waals surface area contributed by atoms with Crippen molar-refractivity contribution in [3.05, 3.63) is 110 Å². The van der Waals surface area contributed by atoms with Crippen LogP contribution in [0.25, 0.3) is 0 Å². The Labute approximate surface area is 216 Å². The van der Waals surface area contributed by atoms with Gasteiger partial charge in [-0.05, 0) is 55.3 Å². The van der Waals surface area contributed by atoms with Crippen molar-refractivity contribution < 1.29 is 14.5 Å². The van der Waals surface area contributed by atoms with Crippen molar-refractivity contribution in [2.24, 2.45) is 0 Å². The second-order valence-corrected chi connectivity index (χ2v) is 9.63. The van der Waals surface area contributed by atoms with E-state index in [2.05, 4.69) is 5.32 Å². The van der Waals surface area contributed by atoms with Crippen LogP contribution in [0.2, 0.25) is 5.02 Å². The van der Waals surface area contributed by atoms with Crippen LogP contribution < -0.4 is 10.2 Å². The molecule has 8 nitrogen and oxygen atoms in total.